The normalized spacial score (nSPS) is 10.8. The number of para-hydroxylation sites is 1. The summed E-state index contributed by atoms with van der Waals surface area (Å²) in [6.45, 7) is 2.58. The van der Waals surface area contributed by atoms with Crippen LogP contribution in [0.5, 0.6) is 0 Å². The Balaban J connectivity index is 1.79. The lowest BCUT2D eigenvalue weighted by Gasteiger charge is -2.03. The molecule has 4 nitrogen and oxygen atoms in total. The van der Waals surface area contributed by atoms with E-state index in [0.29, 0.717) is 17.9 Å². The zero-order valence-electron chi connectivity index (χ0n) is 11.1. The van der Waals surface area contributed by atoms with E-state index < -0.39 is 0 Å². The Morgan fingerprint density at radius 3 is 2.95 bits per heavy atom. The van der Waals surface area contributed by atoms with Crippen molar-refractivity contribution < 1.29 is 4.79 Å². The molecule has 2 aromatic heterocycles. The van der Waals surface area contributed by atoms with Crippen LogP contribution in [0.3, 0.4) is 0 Å². The van der Waals surface area contributed by atoms with E-state index in [1.54, 1.807) is 11.3 Å². The number of amides is 1. The predicted octanol–water partition coefficient (Wildman–Crippen LogP) is 3.05. The number of rotatable bonds is 3. The molecule has 102 valence electrons. The van der Waals surface area contributed by atoms with Crippen LogP contribution in [0.4, 0.5) is 5.69 Å². The van der Waals surface area contributed by atoms with Gasteiger partial charge in [0.25, 0.3) is 5.91 Å². The molecule has 0 spiro atoms. The average molecular weight is 285 g/mol. The van der Waals surface area contributed by atoms with Gasteiger partial charge < -0.3 is 16.0 Å². The number of aromatic nitrogens is 1. The number of thiophene rings is 1. The van der Waals surface area contributed by atoms with Crippen LogP contribution in [0.25, 0.3) is 10.9 Å². The predicted molar refractivity (Wildman–Crippen MR) is 82.9 cm³/mol. The minimum atomic E-state index is -0.119. The zero-order valence-corrected chi connectivity index (χ0v) is 11.9. The molecule has 1 aromatic carbocycles. The van der Waals surface area contributed by atoms with Gasteiger partial charge in [-0.05, 0) is 40.9 Å². The Labute approximate surface area is 120 Å². The van der Waals surface area contributed by atoms with E-state index in [9.17, 15) is 4.79 Å². The number of nitrogen functional groups attached to an aromatic ring is 1. The van der Waals surface area contributed by atoms with Gasteiger partial charge in [0.1, 0.15) is 5.69 Å². The highest BCUT2D eigenvalue weighted by Crippen LogP contribution is 2.21. The number of nitrogens with two attached hydrogens (primary N) is 1. The van der Waals surface area contributed by atoms with Gasteiger partial charge in [0.15, 0.2) is 0 Å². The van der Waals surface area contributed by atoms with Crippen molar-refractivity contribution in [3.63, 3.8) is 0 Å². The van der Waals surface area contributed by atoms with Crippen molar-refractivity contribution >= 4 is 33.8 Å². The molecule has 3 aromatic rings. The maximum absolute atomic E-state index is 12.2. The summed E-state index contributed by atoms with van der Waals surface area (Å²) in [6.07, 6.45) is 0. The minimum absolute atomic E-state index is 0.119. The number of anilines is 1. The number of aryl methyl sites for hydroxylation is 1. The van der Waals surface area contributed by atoms with Crippen molar-refractivity contribution in [3.05, 3.63) is 51.8 Å². The second kappa shape index (κ2) is 5.02. The first-order valence-corrected chi connectivity index (χ1v) is 7.26. The van der Waals surface area contributed by atoms with Crippen LogP contribution in [0.2, 0.25) is 0 Å². The van der Waals surface area contributed by atoms with Crippen molar-refractivity contribution in [1.29, 1.82) is 0 Å². The number of hydrogen-bond acceptors (Lipinski definition) is 3. The average Bonchev–Trinajstić information content (AvgIpc) is 3.03. The lowest BCUT2D eigenvalue weighted by atomic mass is 10.2. The van der Waals surface area contributed by atoms with E-state index in [1.165, 1.54) is 5.56 Å². The lowest BCUT2D eigenvalue weighted by Crippen LogP contribution is -2.23. The Morgan fingerprint density at radius 1 is 1.40 bits per heavy atom. The van der Waals surface area contributed by atoms with Crippen LogP contribution >= 0.6 is 11.3 Å². The summed E-state index contributed by atoms with van der Waals surface area (Å²) in [5.74, 6) is -0.119. The second-order valence-corrected chi connectivity index (χ2v) is 5.50. The molecular formula is C15H15N3OS. The quantitative estimate of drug-likeness (QED) is 0.647. The van der Waals surface area contributed by atoms with Crippen LogP contribution in [0, 0.1) is 6.92 Å². The fourth-order valence-electron chi connectivity index (χ4n) is 2.14. The molecule has 0 aliphatic carbocycles. The number of hydrogen-bond donors (Lipinski definition) is 3. The number of H-pyrrole nitrogens is 1. The smallest absolute Gasteiger partial charge is 0.267 e. The molecule has 0 bridgehead atoms. The first kappa shape index (κ1) is 12.7. The van der Waals surface area contributed by atoms with Crippen LogP contribution in [0.1, 0.15) is 21.6 Å². The van der Waals surface area contributed by atoms with Crippen LogP contribution in [-0.4, -0.2) is 10.9 Å². The topological polar surface area (TPSA) is 70.9 Å². The van der Waals surface area contributed by atoms with E-state index in [2.05, 4.69) is 21.1 Å². The second-order valence-electron chi connectivity index (χ2n) is 4.76. The summed E-state index contributed by atoms with van der Waals surface area (Å²) in [5.41, 5.74) is 10.2. The maximum Gasteiger partial charge on any atom is 0.267 e. The summed E-state index contributed by atoms with van der Waals surface area (Å²) >= 11 is 1.64. The number of benzene rings is 1. The van der Waals surface area contributed by atoms with Gasteiger partial charge in [0.2, 0.25) is 0 Å². The molecule has 3 rings (SSSR count). The molecule has 0 fully saturated rings. The number of carbonyl (C=O) groups is 1. The fraction of sp³-hybridized carbons (Fsp3) is 0.133. The molecule has 2 heterocycles. The number of carbonyl (C=O) groups excluding carboxylic acids is 1. The van der Waals surface area contributed by atoms with Gasteiger partial charge in [-0.15, -0.1) is 0 Å². The first-order valence-electron chi connectivity index (χ1n) is 6.32. The Hall–Kier alpha value is -2.27. The van der Waals surface area contributed by atoms with Crippen molar-refractivity contribution in [1.82, 2.24) is 10.3 Å². The third-order valence-corrected chi connectivity index (χ3v) is 4.24. The highest BCUT2D eigenvalue weighted by atomic mass is 32.1. The summed E-state index contributed by atoms with van der Waals surface area (Å²) < 4.78 is 0. The monoisotopic (exact) mass is 285 g/mol. The molecule has 5 heteroatoms. The van der Waals surface area contributed by atoms with Gasteiger partial charge in [0, 0.05) is 11.9 Å². The van der Waals surface area contributed by atoms with Gasteiger partial charge in [-0.25, -0.2) is 0 Å². The molecule has 0 aliphatic heterocycles. The molecule has 1 amide bonds. The van der Waals surface area contributed by atoms with Crippen molar-refractivity contribution in [2.75, 3.05) is 5.73 Å². The van der Waals surface area contributed by atoms with Gasteiger partial charge >= 0.3 is 0 Å². The maximum atomic E-state index is 12.2. The number of nitrogens with one attached hydrogen (secondary N) is 2. The molecule has 20 heavy (non-hydrogen) atoms. The van der Waals surface area contributed by atoms with Gasteiger partial charge in [0.05, 0.1) is 11.2 Å². The third kappa shape index (κ3) is 2.28. The number of fused-ring (bicyclic) bond motifs is 1. The van der Waals surface area contributed by atoms with Gasteiger partial charge in [-0.1, -0.05) is 12.1 Å². The van der Waals surface area contributed by atoms with Crippen molar-refractivity contribution in [3.8, 4) is 0 Å². The molecule has 0 aliphatic rings. The molecule has 0 radical (unpaired) electrons. The Kier molecular flexibility index (Phi) is 3.20. The lowest BCUT2D eigenvalue weighted by molar-refractivity contribution is 0.0947. The largest absolute Gasteiger partial charge is 0.397 e. The summed E-state index contributed by atoms with van der Waals surface area (Å²) in [7, 11) is 0. The van der Waals surface area contributed by atoms with Crippen LogP contribution < -0.4 is 11.1 Å². The first-order chi connectivity index (χ1) is 9.65. The van der Waals surface area contributed by atoms with Crippen LogP contribution in [-0.2, 0) is 6.54 Å². The Bertz CT molecular complexity index is 772. The standard InChI is InChI=1S/C15H15N3OS/c1-9-7-20-8-11(9)6-17-15(19)13-5-10-3-2-4-12(16)14(10)18-13/h2-5,7-8,18H,6,16H2,1H3,(H,17,19). The number of aromatic amines is 1. The third-order valence-electron chi connectivity index (χ3n) is 3.33. The fourth-order valence-corrected chi connectivity index (χ4v) is 3.00. The molecule has 0 unspecified atom stereocenters. The zero-order chi connectivity index (χ0) is 14.1. The summed E-state index contributed by atoms with van der Waals surface area (Å²) in [6, 6.07) is 7.45. The van der Waals surface area contributed by atoms with Gasteiger partial charge in [-0.2, -0.15) is 11.3 Å². The molecule has 0 atom stereocenters. The molecule has 0 saturated carbocycles. The van der Waals surface area contributed by atoms with Gasteiger partial charge in [-0.3, -0.25) is 4.79 Å². The van der Waals surface area contributed by atoms with E-state index >= 15 is 0 Å². The van der Waals surface area contributed by atoms with E-state index in [4.69, 9.17) is 5.73 Å². The SMILES string of the molecule is Cc1cscc1CNC(=O)c1cc2cccc(N)c2[nH]1. The molecule has 0 saturated heterocycles. The minimum Gasteiger partial charge on any atom is -0.397 e. The molecule has 4 N–H and O–H groups in total. The van der Waals surface area contributed by atoms with Crippen molar-refractivity contribution in [2.24, 2.45) is 0 Å². The van der Waals surface area contributed by atoms with E-state index in [0.717, 1.165) is 16.5 Å². The van der Waals surface area contributed by atoms with Crippen LogP contribution in [0.15, 0.2) is 35.0 Å². The summed E-state index contributed by atoms with van der Waals surface area (Å²) in [4.78, 5) is 15.2. The van der Waals surface area contributed by atoms with E-state index in [1.807, 2.05) is 31.2 Å². The molecular weight excluding hydrogens is 270 g/mol. The highest BCUT2D eigenvalue weighted by Gasteiger charge is 2.11. The highest BCUT2D eigenvalue weighted by molar-refractivity contribution is 7.08. The van der Waals surface area contributed by atoms with E-state index in [-0.39, 0.29) is 5.91 Å². The van der Waals surface area contributed by atoms with Crippen molar-refractivity contribution in [2.45, 2.75) is 13.5 Å². The Morgan fingerprint density at radius 2 is 2.25 bits per heavy atom. The summed E-state index contributed by atoms with van der Waals surface area (Å²) in [5, 5.41) is 7.99.